The molecule has 6 nitrogen and oxygen atoms in total. The molecule has 1 N–H and O–H groups in total. The Hall–Kier alpha value is -3.46. The van der Waals surface area contributed by atoms with Crippen LogP contribution in [0, 0.1) is 11.3 Å². The number of carbonyl (C=O) groups excluding carboxylic acids is 1. The summed E-state index contributed by atoms with van der Waals surface area (Å²) in [6, 6.07) is 16.2. The van der Waals surface area contributed by atoms with Gasteiger partial charge in [-0.2, -0.15) is 5.26 Å². The van der Waals surface area contributed by atoms with Crippen LogP contribution < -0.4 is 10.1 Å². The van der Waals surface area contributed by atoms with E-state index in [0.717, 1.165) is 40.8 Å². The summed E-state index contributed by atoms with van der Waals surface area (Å²) < 4.78 is 12.7. The fourth-order valence-electron chi connectivity index (χ4n) is 4.39. The molecule has 0 aliphatic heterocycles. The molecule has 1 aliphatic carbocycles. The lowest BCUT2D eigenvalue weighted by atomic mass is 10.0. The van der Waals surface area contributed by atoms with Crippen molar-refractivity contribution in [2.75, 3.05) is 19.0 Å². The number of benzene rings is 2. The smallest absolute Gasteiger partial charge is 0.411 e. The lowest BCUT2D eigenvalue weighted by Gasteiger charge is -2.19. The Morgan fingerprint density at radius 3 is 2.73 bits per heavy atom. The Kier molecular flexibility index (Phi) is 5.62. The maximum absolute atomic E-state index is 11.9. The van der Waals surface area contributed by atoms with Gasteiger partial charge < -0.3 is 14.0 Å². The number of rotatable bonds is 5. The highest BCUT2D eigenvalue weighted by atomic mass is 16.5. The van der Waals surface area contributed by atoms with Crippen molar-refractivity contribution >= 4 is 22.7 Å². The van der Waals surface area contributed by atoms with Crippen LogP contribution in [0.2, 0.25) is 0 Å². The summed E-state index contributed by atoms with van der Waals surface area (Å²) in [6.45, 7) is 2.07. The number of nitrogens with one attached hydrogen (secondary N) is 1. The Morgan fingerprint density at radius 2 is 2.03 bits per heavy atom. The van der Waals surface area contributed by atoms with Crippen LogP contribution in [-0.4, -0.2) is 24.4 Å². The average molecular weight is 403 g/mol. The van der Waals surface area contributed by atoms with Crippen molar-refractivity contribution in [1.82, 2.24) is 4.57 Å². The van der Waals surface area contributed by atoms with Crippen molar-refractivity contribution in [3.05, 3.63) is 48.0 Å². The highest BCUT2D eigenvalue weighted by molar-refractivity contribution is 5.96. The minimum absolute atomic E-state index is 0.307. The molecule has 6 heteroatoms. The zero-order valence-corrected chi connectivity index (χ0v) is 17.3. The molecule has 3 aromatic rings. The fraction of sp³-hybridized carbons (Fsp3) is 0.333. The number of aromatic nitrogens is 1. The van der Waals surface area contributed by atoms with Gasteiger partial charge in [0.15, 0.2) is 0 Å². The molecule has 1 heterocycles. The van der Waals surface area contributed by atoms with Gasteiger partial charge in [0.1, 0.15) is 11.8 Å². The first-order valence-electron chi connectivity index (χ1n) is 10.3. The minimum atomic E-state index is -0.490. The number of amides is 1. The second-order valence-electron chi connectivity index (χ2n) is 7.45. The van der Waals surface area contributed by atoms with Gasteiger partial charge in [-0.1, -0.05) is 25.0 Å². The second-order valence-corrected chi connectivity index (χ2v) is 7.45. The molecule has 1 fully saturated rings. The maximum Gasteiger partial charge on any atom is 0.411 e. The SMILES string of the molecule is CCOC(=O)Nc1cccc(-c2c(C#N)c3ccc(OC)cc3n2C2CCCC2)c1. The fourth-order valence-corrected chi connectivity index (χ4v) is 4.39. The van der Waals surface area contributed by atoms with Crippen molar-refractivity contribution in [1.29, 1.82) is 5.26 Å². The molecule has 1 saturated carbocycles. The topological polar surface area (TPSA) is 76.3 Å². The summed E-state index contributed by atoms with van der Waals surface area (Å²) in [6.07, 6.45) is 4.04. The number of anilines is 1. The molecule has 1 aliphatic rings. The molecule has 0 unspecified atom stereocenters. The monoisotopic (exact) mass is 403 g/mol. The van der Waals surface area contributed by atoms with Gasteiger partial charge in [-0.25, -0.2) is 4.79 Å². The van der Waals surface area contributed by atoms with Crippen molar-refractivity contribution in [2.24, 2.45) is 0 Å². The summed E-state index contributed by atoms with van der Waals surface area (Å²) in [7, 11) is 1.65. The Labute approximate surface area is 176 Å². The molecular formula is C24H25N3O3. The molecule has 1 aromatic heterocycles. The summed E-state index contributed by atoms with van der Waals surface area (Å²) in [5.41, 5.74) is 4.07. The summed E-state index contributed by atoms with van der Waals surface area (Å²) >= 11 is 0. The molecule has 0 radical (unpaired) electrons. The number of nitrogens with zero attached hydrogens (tertiary/aromatic N) is 2. The number of methoxy groups -OCH3 is 1. The third kappa shape index (κ3) is 3.59. The summed E-state index contributed by atoms with van der Waals surface area (Å²) in [5, 5.41) is 13.7. The first-order valence-corrected chi connectivity index (χ1v) is 10.3. The number of fused-ring (bicyclic) bond motifs is 1. The predicted molar refractivity (Wildman–Crippen MR) is 117 cm³/mol. The number of nitriles is 1. The van der Waals surface area contributed by atoms with Crippen LogP contribution in [0.25, 0.3) is 22.2 Å². The van der Waals surface area contributed by atoms with Crippen LogP contribution in [-0.2, 0) is 4.74 Å². The minimum Gasteiger partial charge on any atom is -0.497 e. The van der Waals surface area contributed by atoms with Crippen molar-refractivity contribution < 1.29 is 14.3 Å². The molecule has 0 spiro atoms. The van der Waals surface area contributed by atoms with Gasteiger partial charge in [0.25, 0.3) is 0 Å². The first kappa shape index (κ1) is 19.8. The molecular weight excluding hydrogens is 378 g/mol. The normalized spacial score (nSPS) is 13.9. The Balaban J connectivity index is 1.91. The number of hydrogen-bond acceptors (Lipinski definition) is 4. The van der Waals surface area contributed by atoms with E-state index in [4.69, 9.17) is 9.47 Å². The van der Waals surface area contributed by atoms with E-state index in [0.29, 0.717) is 23.9 Å². The van der Waals surface area contributed by atoms with Crippen LogP contribution >= 0.6 is 0 Å². The van der Waals surface area contributed by atoms with E-state index >= 15 is 0 Å². The van der Waals surface area contributed by atoms with Gasteiger partial charge in [-0.3, -0.25) is 5.32 Å². The predicted octanol–water partition coefficient (Wildman–Crippen LogP) is 5.87. The molecule has 0 bridgehead atoms. The molecule has 30 heavy (non-hydrogen) atoms. The number of carbonyl (C=O) groups is 1. The first-order chi connectivity index (χ1) is 14.7. The molecule has 0 atom stereocenters. The van der Waals surface area contributed by atoms with Gasteiger partial charge >= 0.3 is 6.09 Å². The third-order valence-electron chi connectivity index (χ3n) is 5.67. The standard InChI is InChI=1S/C24H25N3O3/c1-3-30-24(28)26-17-8-6-7-16(13-17)23-21(15-25)20-12-11-19(29-2)14-22(20)27(23)18-9-4-5-10-18/h6-8,11-14,18H,3-5,9-10H2,1-2H3,(H,26,28). The average Bonchev–Trinajstić information content (AvgIpc) is 3.39. The molecule has 4 rings (SSSR count). The van der Waals surface area contributed by atoms with Gasteiger partial charge in [-0.15, -0.1) is 0 Å². The maximum atomic E-state index is 11.9. The molecule has 2 aromatic carbocycles. The summed E-state index contributed by atoms with van der Waals surface area (Å²) in [5.74, 6) is 0.771. The van der Waals surface area contributed by atoms with E-state index in [9.17, 15) is 10.1 Å². The van der Waals surface area contributed by atoms with E-state index in [2.05, 4.69) is 16.0 Å². The van der Waals surface area contributed by atoms with E-state index in [1.807, 2.05) is 42.5 Å². The van der Waals surface area contributed by atoms with Gasteiger partial charge in [0, 0.05) is 28.7 Å². The zero-order valence-electron chi connectivity index (χ0n) is 17.3. The van der Waals surface area contributed by atoms with Crippen molar-refractivity contribution in [3.63, 3.8) is 0 Å². The van der Waals surface area contributed by atoms with Crippen LogP contribution in [0.15, 0.2) is 42.5 Å². The van der Waals surface area contributed by atoms with E-state index in [1.54, 1.807) is 14.0 Å². The van der Waals surface area contributed by atoms with E-state index in [1.165, 1.54) is 12.8 Å². The van der Waals surface area contributed by atoms with Crippen LogP contribution in [0.1, 0.15) is 44.2 Å². The molecule has 154 valence electrons. The molecule has 0 saturated heterocycles. The zero-order chi connectivity index (χ0) is 21.1. The summed E-state index contributed by atoms with van der Waals surface area (Å²) in [4.78, 5) is 11.9. The second kappa shape index (κ2) is 8.50. The third-order valence-corrected chi connectivity index (χ3v) is 5.67. The van der Waals surface area contributed by atoms with Crippen LogP contribution in [0.3, 0.4) is 0 Å². The van der Waals surface area contributed by atoms with Gasteiger partial charge in [0.05, 0.1) is 30.5 Å². The van der Waals surface area contributed by atoms with Crippen molar-refractivity contribution in [2.45, 2.75) is 38.6 Å². The Morgan fingerprint density at radius 1 is 1.23 bits per heavy atom. The van der Waals surface area contributed by atoms with Gasteiger partial charge in [0.2, 0.25) is 0 Å². The van der Waals surface area contributed by atoms with Crippen molar-refractivity contribution in [3.8, 4) is 23.1 Å². The number of ether oxygens (including phenoxy) is 2. The molecule has 1 amide bonds. The van der Waals surface area contributed by atoms with E-state index < -0.39 is 6.09 Å². The highest BCUT2D eigenvalue weighted by Gasteiger charge is 2.26. The lowest BCUT2D eigenvalue weighted by Crippen LogP contribution is -2.13. The van der Waals surface area contributed by atoms with Crippen LogP contribution in [0.5, 0.6) is 5.75 Å². The largest absolute Gasteiger partial charge is 0.497 e. The highest BCUT2D eigenvalue weighted by Crippen LogP contribution is 2.42. The Bertz CT molecular complexity index is 1120. The van der Waals surface area contributed by atoms with E-state index in [-0.39, 0.29) is 0 Å². The number of hydrogen-bond donors (Lipinski definition) is 1. The van der Waals surface area contributed by atoms with Gasteiger partial charge in [-0.05, 0) is 44.0 Å². The quantitative estimate of drug-likeness (QED) is 0.578. The lowest BCUT2D eigenvalue weighted by molar-refractivity contribution is 0.168. The van der Waals surface area contributed by atoms with Crippen LogP contribution in [0.4, 0.5) is 10.5 Å².